The largest absolute Gasteiger partial charge is 0.347 e. The molecule has 0 bridgehead atoms. The van der Waals surface area contributed by atoms with Crippen LogP contribution >= 0.6 is 46.3 Å². The fourth-order valence-electron chi connectivity index (χ4n) is 2.22. The number of amides is 1. The predicted octanol–water partition coefficient (Wildman–Crippen LogP) is 3.96. The lowest BCUT2D eigenvalue weighted by Crippen LogP contribution is -2.23. The molecule has 128 valence electrons. The number of pyridine rings is 1. The summed E-state index contributed by atoms with van der Waals surface area (Å²) in [6, 6.07) is 1.54. The lowest BCUT2D eigenvalue weighted by Gasteiger charge is -2.11. The molecule has 3 rings (SSSR count). The molecule has 1 unspecified atom stereocenters. The van der Waals surface area contributed by atoms with Crippen molar-refractivity contribution in [1.29, 1.82) is 0 Å². The van der Waals surface area contributed by atoms with Crippen molar-refractivity contribution in [3.63, 3.8) is 0 Å². The van der Waals surface area contributed by atoms with Crippen LogP contribution < -0.4 is 10.2 Å². The Hall–Kier alpha value is -1.09. The molecule has 1 N–H and O–H groups in total. The van der Waals surface area contributed by atoms with Gasteiger partial charge in [-0.2, -0.15) is 0 Å². The number of nitrogens with zero attached hydrogens (tertiary/aromatic N) is 4. The Bertz CT molecular complexity index is 736. The molecule has 1 aliphatic heterocycles. The van der Waals surface area contributed by atoms with Gasteiger partial charge in [-0.15, -0.1) is 10.2 Å². The molecule has 10 heteroatoms. The van der Waals surface area contributed by atoms with Gasteiger partial charge in [0.1, 0.15) is 0 Å². The standard InChI is InChI=1S/C14H15Cl2N5OS2/c1-8(12(22)18-11-10(16)6-9(15)7-17-11)23-14-20-19-13(24-14)21-4-2-3-5-21/h6-8H,2-5H2,1H3,(H,17,18,22). The highest BCUT2D eigenvalue weighted by molar-refractivity contribution is 8.02. The number of thioether (sulfide) groups is 1. The molecule has 0 aliphatic carbocycles. The fraction of sp³-hybridized carbons (Fsp3) is 0.429. The van der Waals surface area contributed by atoms with Gasteiger partial charge in [-0.25, -0.2) is 4.98 Å². The molecule has 6 nitrogen and oxygen atoms in total. The first-order valence-electron chi connectivity index (χ1n) is 7.40. The van der Waals surface area contributed by atoms with Gasteiger partial charge in [-0.1, -0.05) is 46.3 Å². The average Bonchev–Trinajstić information content (AvgIpc) is 3.20. The molecule has 0 radical (unpaired) electrons. The molecule has 1 aliphatic rings. The van der Waals surface area contributed by atoms with Crippen molar-refractivity contribution in [2.45, 2.75) is 29.4 Å². The Morgan fingerprint density at radius 2 is 2.12 bits per heavy atom. The molecule has 1 saturated heterocycles. The molecule has 1 atom stereocenters. The van der Waals surface area contributed by atoms with Crippen LogP contribution in [0.2, 0.25) is 10.0 Å². The molecule has 0 aromatic carbocycles. The van der Waals surface area contributed by atoms with Crippen LogP contribution in [0, 0.1) is 0 Å². The van der Waals surface area contributed by atoms with E-state index in [2.05, 4.69) is 25.4 Å². The highest BCUT2D eigenvalue weighted by atomic mass is 35.5. The summed E-state index contributed by atoms with van der Waals surface area (Å²) in [6.07, 6.45) is 3.82. The monoisotopic (exact) mass is 403 g/mol. The number of hydrogen-bond donors (Lipinski definition) is 1. The van der Waals surface area contributed by atoms with Crippen molar-refractivity contribution in [3.05, 3.63) is 22.3 Å². The summed E-state index contributed by atoms with van der Waals surface area (Å²) >= 11 is 14.7. The molecule has 24 heavy (non-hydrogen) atoms. The molecular weight excluding hydrogens is 389 g/mol. The van der Waals surface area contributed by atoms with Crippen LogP contribution in [0.4, 0.5) is 10.9 Å². The second-order valence-corrected chi connectivity index (χ2v) is 8.67. The van der Waals surface area contributed by atoms with Crippen molar-refractivity contribution in [2.75, 3.05) is 23.3 Å². The molecule has 2 aromatic rings. The first-order chi connectivity index (χ1) is 11.5. The molecule has 1 amide bonds. The number of aromatic nitrogens is 3. The SMILES string of the molecule is CC(Sc1nnc(N2CCCC2)s1)C(=O)Nc1ncc(Cl)cc1Cl. The van der Waals surface area contributed by atoms with Crippen LogP contribution in [0.1, 0.15) is 19.8 Å². The van der Waals surface area contributed by atoms with Crippen LogP contribution in [0.5, 0.6) is 0 Å². The van der Waals surface area contributed by atoms with Gasteiger partial charge in [0.15, 0.2) is 10.2 Å². The van der Waals surface area contributed by atoms with Crippen LogP contribution in [0.25, 0.3) is 0 Å². The Morgan fingerprint density at radius 3 is 2.83 bits per heavy atom. The quantitative estimate of drug-likeness (QED) is 0.761. The minimum atomic E-state index is -0.349. The van der Waals surface area contributed by atoms with Crippen LogP contribution in [0.15, 0.2) is 16.6 Å². The van der Waals surface area contributed by atoms with Crippen molar-refractivity contribution < 1.29 is 4.79 Å². The summed E-state index contributed by atoms with van der Waals surface area (Å²) < 4.78 is 0.773. The predicted molar refractivity (Wildman–Crippen MR) is 99.6 cm³/mol. The van der Waals surface area contributed by atoms with Crippen LogP contribution in [0.3, 0.4) is 0 Å². The summed E-state index contributed by atoms with van der Waals surface area (Å²) in [5, 5.41) is 12.4. The van der Waals surface area contributed by atoms with Gasteiger partial charge in [-0.05, 0) is 25.8 Å². The molecule has 1 fully saturated rings. The summed E-state index contributed by atoms with van der Waals surface area (Å²) in [4.78, 5) is 18.6. The van der Waals surface area contributed by atoms with E-state index in [1.165, 1.54) is 48.2 Å². The molecular formula is C14H15Cl2N5OS2. The zero-order valence-electron chi connectivity index (χ0n) is 12.8. The highest BCUT2D eigenvalue weighted by Gasteiger charge is 2.21. The van der Waals surface area contributed by atoms with E-state index in [0.29, 0.717) is 15.9 Å². The number of rotatable bonds is 5. The fourth-order valence-corrected chi connectivity index (χ4v) is 4.68. The minimum absolute atomic E-state index is 0.199. The van der Waals surface area contributed by atoms with Gasteiger partial charge in [0, 0.05) is 19.3 Å². The van der Waals surface area contributed by atoms with E-state index < -0.39 is 0 Å². The third kappa shape index (κ3) is 4.30. The lowest BCUT2D eigenvalue weighted by molar-refractivity contribution is -0.115. The number of carbonyl (C=O) groups is 1. The maximum Gasteiger partial charge on any atom is 0.238 e. The smallest absolute Gasteiger partial charge is 0.238 e. The molecule has 0 saturated carbocycles. The maximum atomic E-state index is 12.3. The summed E-state index contributed by atoms with van der Waals surface area (Å²) in [7, 11) is 0. The Morgan fingerprint density at radius 1 is 1.38 bits per heavy atom. The Balaban J connectivity index is 1.59. The van der Waals surface area contributed by atoms with E-state index in [4.69, 9.17) is 23.2 Å². The van der Waals surface area contributed by atoms with E-state index in [1.807, 2.05) is 0 Å². The number of halogens is 2. The number of carbonyl (C=O) groups excluding carboxylic acids is 1. The minimum Gasteiger partial charge on any atom is -0.347 e. The van der Waals surface area contributed by atoms with Gasteiger partial charge in [0.05, 0.1) is 15.3 Å². The first kappa shape index (κ1) is 17.7. The van der Waals surface area contributed by atoms with Crippen LogP contribution in [-0.2, 0) is 4.79 Å². The van der Waals surface area contributed by atoms with Crippen molar-refractivity contribution in [3.8, 4) is 0 Å². The first-order valence-corrected chi connectivity index (χ1v) is 9.85. The third-order valence-electron chi connectivity index (χ3n) is 3.47. The van der Waals surface area contributed by atoms with E-state index in [0.717, 1.165) is 22.6 Å². The summed E-state index contributed by atoms with van der Waals surface area (Å²) in [6.45, 7) is 3.85. The van der Waals surface area contributed by atoms with Crippen molar-refractivity contribution >= 4 is 63.2 Å². The van der Waals surface area contributed by atoms with Gasteiger partial charge in [-0.3, -0.25) is 4.79 Å². The topological polar surface area (TPSA) is 71.0 Å². The average molecular weight is 404 g/mol. The summed E-state index contributed by atoms with van der Waals surface area (Å²) in [5.74, 6) is 0.100. The van der Waals surface area contributed by atoms with E-state index >= 15 is 0 Å². The number of hydrogen-bond acceptors (Lipinski definition) is 7. The molecule has 0 spiro atoms. The van der Waals surface area contributed by atoms with Gasteiger partial charge >= 0.3 is 0 Å². The highest BCUT2D eigenvalue weighted by Crippen LogP contribution is 2.32. The Labute approximate surface area is 158 Å². The third-order valence-corrected chi connectivity index (χ3v) is 6.13. The van der Waals surface area contributed by atoms with E-state index in [1.54, 1.807) is 6.92 Å². The lowest BCUT2D eigenvalue weighted by atomic mass is 10.4. The van der Waals surface area contributed by atoms with Gasteiger partial charge in [0.25, 0.3) is 0 Å². The normalized spacial score (nSPS) is 15.5. The van der Waals surface area contributed by atoms with Gasteiger partial charge in [0.2, 0.25) is 11.0 Å². The Kier molecular flexibility index (Phi) is 5.80. The second kappa shape index (κ2) is 7.86. The summed E-state index contributed by atoms with van der Waals surface area (Å²) in [5.41, 5.74) is 0. The van der Waals surface area contributed by atoms with Crippen molar-refractivity contribution in [2.24, 2.45) is 0 Å². The van der Waals surface area contributed by atoms with Gasteiger partial charge < -0.3 is 10.2 Å². The number of nitrogens with one attached hydrogen (secondary N) is 1. The molecule has 2 aromatic heterocycles. The maximum absolute atomic E-state index is 12.3. The second-order valence-electron chi connectivity index (χ2n) is 5.28. The van der Waals surface area contributed by atoms with E-state index in [9.17, 15) is 4.79 Å². The molecule has 3 heterocycles. The number of anilines is 2. The van der Waals surface area contributed by atoms with Crippen LogP contribution in [-0.4, -0.2) is 39.4 Å². The zero-order valence-corrected chi connectivity index (χ0v) is 16.0. The zero-order chi connectivity index (χ0) is 17.1. The van der Waals surface area contributed by atoms with Crippen molar-refractivity contribution in [1.82, 2.24) is 15.2 Å². The van der Waals surface area contributed by atoms with E-state index in [-0.39, 0.29) is 11.2 Å².